The van der Waals surface area contributed by atoms with Crippen LogP contribution in [0.4, 0.5) is 5.69 Å². The minimum Gasteiger partial charge on any atom is -0.454 e. The van der Waals surface area contributed by atoms with Crippen LogP contribution in [0.15, 0.2) is 48.5 Å². The maximum absolute atomic E-state index is 12.6. The Morgan fingerprint density at radius 2 is 1.74 bits per heavy atom. The van der Waals surface area contributed by atoms with Crippen LogP contribution in [-0.2, 0) is 9.59 Å². The minimum atomic E-state index is -0.109. The number of ether oxygens (including phenoxy) is 2. The number of nitrogens with zero attached hydrogens (tertiary/aromatic N) is 1. The molecule has 0 atom stereocenters. The first-order chi connectivity index (χ1) is 15.0. The standard InChI is InChI=1S/C25H28N2O4/c1-17(2)19-6-3-18(4-7-19)5-10-24(28)27-13-11-20(12-14-27)25(29)26-21-8-9-22-23(15-21)31-16-30-22/h3-10,15,17,20H,11-14,16H2,1-2H3,(H,26,29)/b10-5+. The Kier molecular flexibility index (Phi) is 6.26. The Bertz CT molecular complexity index is 974. The smallest absolute Gasteiger partial charge is 0.246 e. The molecule has 2 heterocycles. The van der Waals surface area contributed by atoms with Crippen molar-refractivity contribution in [3.63, 3.8) is 0 Å². The first-order valence-electron chi connectivity index (χ1n) is 10.8. The molecule has 4 rings (SSSR count). The summed E-state index contributed by atoms with van der Waals surface area (Å²) in [7, 11) is 0. The molecule has 0 aromatic heterocycles. The van der Waals surface area contributed by atoms with E-state index in [9.17, 15) is 9.59 Å². The van der Waals surface area contributed by atoms with E-state index < -0.39 is 0 Å². The molecule has 31 heavy (non-hydrogen) atoms. The van der Waals surface area contributed by atoms with E-state index in [1.165, 1.54) is 5.56 Å². The topological polar surface area (TPSA) is 67.9 Å². The van der Waals surface area contributed by atoms with Gasteiger partial charge < -0.3 is 19.7 Å². The zero-order valence-electron chi connectivity index (χ0n) is 18.0. The van der Waals surface area contributed by atoms with Gasteiger partial charge in [-0.3, -0.25) is 9.59 Å². The van der Waals surface area contributed by atoms with Crippen LogP contribution in [0.5, 0.6) is 11.5 Å². The average Bonchev–Trinajstić information content (AvgIpc) is 3.25. The SMILES string of the molecule is CC(C)c1ccc(/C=C/C(=O)N2CCC(C(=O)Nc3ccc4c(c3)OCO4)CC2)cc1. The van der Waals surface area contributed by atoms with Crippen LogP contribution in [-0.4, -0.2) is 36.6 Å². The molecule has 6 nitrogen and oxygen atoms in total. The fraction of sp³-hybridized carbons (Fsp3) is 0.360. The molecule has 2 amide bonds. The Balaban J connectivity index is 1.26. The third-order valence-electron chi connectivity index (χ3n) is 5.84. The Morgan fingerprint density at radius 3 is 2.45 bits per heavy atom. The zero-order chi connectivity index (χ0) is 21.8. The Morgan fingerprint density at radius 1 is 1.03 bits per heavy atom. The van der Waals surface area contributed by atoms with Gasteiger partial charge >= 0.3 is 0 Å². The quantitative estimate of drug-likeness (QED) is 0.727. The van der Waals surface area contributed by atoms with Gasteiger partial charge in [-0.15, -0.1) is 0 Å². The Hall–Kier alpha value is -3.28. The van der Waals surface area contributed by atoms with Gasteiger partial charge in [0.05, 0.1) is 0 Å². The molecule has 0 unspecified atom stereocenters. The van der Waals surface area contributed by atoms with Crippen LogP contribution >= 0.6 is 0 Å². The van der Waals surface area contributed by atoms with Crippen LogP contribution in [0, 0.1) is 5.92 Å². The molecule has 162 valence electrons. The van der Waals surface area contributed by atoms with Crippen molar-refractivity contribution in [2.45, 2.75) is 32.6 Å². The lowest BCUT2D eigenvalue weighted by atomic mass is 9.95. The van der Waals surface area contributed by atoms with Crippen LogP contribution in [0.2, 0.25) is 0 Å². The van der Waals surface area contributed by atoms with Gasteiger partial charge in [-0.25, -0.2) is 0 Å². The summed E-state index contributed by atoms with van der Waals surface area (Å²) in [6, 6.07) is 13.6. The molecule has 1 N–H and O–H groups in total. The van der Waals surface area contributed by atoms with Gasteiger partial charge in [-0.05, 0) is 48.1 Å². The number of rotatable bonds is 5. The van der Waals surface area contributed by atoms with Gasteiger partial charge in [-0.2, -0.15) is 0 Å². The average molecular weight is 421 g/mol. The van der Waals surface area contributed by atoms with Crippen molar-refractivity contribution in [1.29, 1.82) is 0 Å². The van der Waals surface area contributed by atoms with Gasteiger partial charge in [0.15, 0.2) is 11.5 Å². The van der Waals surface area contributed by atoms with Crippen molar-refractivity contribution in [2.75, 3.05) is 25.2 Å². The molecule has 0 spiro atoms. The lowest BCUT2D eigenvalue weighted by Crippen LogP contribution is -2.40. The molecule has 2 aliphatic heterocycles. The minimum absolute atomic E-state index is 0.0115. The summed E-state index contributed by atoms with van der Waals surface area (Å²) in [4.78, 5) is 27.0. The number of anilines is 1. The molecule has 6 heteroatoms. The van der Waals surface area contributed by atoms with Crippen molar-refractivity contribution in [1.82, 2.24) is 4.90 Å². The van der Waals surface area contributed by atoms with E-state index in [0.29, 0.717) is 49.0 Å². The third-order valence-corrected chi connectivity index (χ3v) is 5.84. The first kappa shape index (κ1) is 21.0. The lowest BCUT2D eigenvalue weighted by molar-refractivity contribution is -0.130. The number of fused-ring (bicyclic) bond motifs is 1. The second kappa shape index (κ2) is 9.25. The fourth-order valence-corrected chi connectivity index (χ4v) is 3.85. The number of amides is 2. The molecule has 1 fully saturated rings. The van der Waals surface area contributed by atoms with Gasteiger partial charge in [0, 0.05) is 36.8 Å². The summed E-state index contributed by atoms with van der Waals surface area (Å²) in [6.45, 7) is 5.68. The van der Waals surface area contributed by atoms with Gasteiger partial charge in [0.25, 0.3) is 0 Å². The number of hydrogen-bond donors (Lipinski definition) is 1. The molecular weight excluding hydrogens is 392 g/mol. The van der Waals surface area contributed by atoms with Crippen LogP contribution < -0.4 is 14.8 Å². The summed E-state index contributed by atoms with van der Waals surface area (Å²) < 4.78 is 10.6. The first-order valence-corrected chi connectivity index (χ1v) is 10.8. The van der Waals surface area contributed by atoms with E-state index >= 15 is 0 Å². The van der Waals surface area contributed by atoms with Crippen molar-refractivity contribution in [3.05, 3.63) is 59.7 Å². The van der Waals surface area contributed by atoms with Gasteiger partial charge in [-0.1, -0.05) is 38.1 Å². The number of likely N-dealkylation sites (tertiary alicyclic amines) is 1. The number of benzene rings is 2. The number of nitrogens with one attached hydrogen (secondary N) is 1. The molecule has 0 aliphatic carbocycles. The van der Waals surface area contributed by atoms with Crippen LogP contribution in [0.1, 0.15) is 43.7 Å². The molecule has 2 aromatic rings. The number of carbonyl (C=O) groups is 2. The van der Waals surface area contributed by atoms with E-state index in [0.717, 1.165) is 5.56 Å². The second-order valence-electron chi connectivity index (χ2n) is 8.31. The predicted molar refractivity (Wildman–Crippen MR) is 120 cm³/mol. The van der Waals surface area contributed by atoms with Gasteiger partial charge in [0.1, 0.15) is 0 Å². The maximum Gasteiger partial charge on any atom is 0.246 e. The highest BCUT2D eigenvalue weighted by Gasteiger charge is 2.27. The van der Waals surface area contributed by atoms with E-state index in [1.807, 2.05) is 29.2 Å². The van der Waals surface area contributed by atoms with Crippen molar-refractivity contribution >= 4 is 23.6 Å². The molecule has 0 saturated carbocycles. The van der Waals surface area contributed by atoms with Crippen molar-refractivity contribution < 1.29 is 19.1 Å². The van der Waals surface area contributed by atoms with Crippen LogP contribution in [0.25, 0.3) is 6.08 Å². The summed E-state index contributed by atoms with van der Waals surface area (Å²) in [5.41, 5.74) is 2.99. The zero-order valence-corrected chi connectivity index (χ0v) is 18.0. The van der Waals surface area contributed by atoms with E-state index in [4.69, 9.17) is 9.47 Å². The molecule has 2 aromatic carbocycles. The summed E-state index contributed by atoms with van der Waals surface area (Å²) in [6.07, 6.45) is 4.78. The van der Waals surface area contributed by atoms with Crippen molar-refractivity contribution in [2.24, 2.45) is 5.92 Å². The van der Waals surface area contributed by atoms with Crippen molar-refractivity contribution in [3.8, 4) is 11.5 Å². The molecule has 0 radical (unpaired) electrons. The monoisotopic (exact) mass is 420 g/mol. The number of hydrogen-bond acceptors (Lipinski definition) is 4. The van der Waals surface area contributed by atoms with Crippen LogP contribution in [0.3, 0.4) is 0 Å². The molecule has 2 aliphatic rings. The molecular formula is C25H28N2O4. The molecule has 1 saturated heterocycles. The normalized spacial score (nSPS) is 16.2. The third kappa shape index (κ3) is 5.08. The predicted octanol–water partition coefficient (Wildman–Crippen LogP) is 4.43. The highest BCUT2D eigenvalue weighted by atomic mass is 16.7. The maximum atomic E-state index is 12.6. The Labute approximate surface area is 182 Å². The number of carbonyl (C=O) groups excluding carboxylic acids is 2. The van der Waals surface area contributed by atoms with Gasteiger partial charge in [0.2, 0.25) is 18.6 Å². The highest BCUT2D eigenvalue weighted by Crippen LogP contribution is 2.34. The van der Waals surface area contributed by atoms with E-state index in [1.54, 1.807) is 18.2 Å². The van der Waals surface area contributed by atoms with E-state index in [-0.39, 0.29) is 24.5 Å². The second-order valence-corrected chi connectivity index (χ2v) is 8.31. The summed E-state index contributed by atoms with van der Waals surface area (Å²) in [5.74, 6) is 1.68. The summed E-state index contributed by atoms with van der Waals surface area (Å²) >= 11 is 0. The van der Waals surface area contributed by atoms with E-state index in [2.05, 4.69) is 31.3 Å². The summed E-state index contributed by atoms with van der Waals surface area (Å²) in [5, 5.41) is 2.95. The number of piperidine rings is 1. The largest absolute Gasteiger partial charge is 0.454 e. The lowest BCUT2D eigenvalue weighted by Gasteiger charge is -2.30. The highest BCUT2D eigenvalue weighted by molar-refractivity contribution is 5.94. The fourth-order valence-electron chi connectivity index (χ4n) is 3.85. The molecule has 0 bridgehead atoms.